The van der Waals surface area contributed by atoms with Crippen LogP contribution in [0.3, 0.4) is 0 Å². The summed E-state index contributed by atoms with van der Waals surface area (Å²) in [5.74, 6) is -0.899. The standard InChI is InChI=1S/C11H17N3O3S/c1-2-14(7-4-10(15)16)11(17)13-5-3-9-12-6-8-18-9/h6,8H,2-5,7H2,1H3,(H,13,17)(H,15,16). The number of amides is 2. The van der Waals surface area contributed by atoms with Crippen molar-refractivity contribution in [1.29, 1.82) is 0 Å². The Balaban J connectivity index is 2.26. The van der Waals surface area contributed by atoms with E-state index in [1.165, 1.54) is 4.90 Å². The molecule has 0 aliphatic heterocycles. The molecule has 0 aromatic carbocycles. The maximum absolute atomic E-state index is 11.7. The second-order valence-corrected chi connectivity index (χ2v) is 4.61. The van der Waals surface area contributed by atoms with Crippen LogP contribution in [0, 0.1) is 0 Å². The van der Waals surface area contributed by atoms with Gasteiger partial charge in [0.1, 0.15) is 0 Å². The van der Waals surface area contributed by atoms with E-state index >= 15 is 0 Å². The molecule has 0 bridgehead atoms. The van der Waals surface area contributed by atoms with Crippen LogP contribution < -0.4 is 5.32 Å². The Kier molecular flexibility index (Phi) is 6.13. The van der Waals surface area contributed by atoms with Crippen LogP contribution in [0.15, 0.2) is 11.6 Å². The molecular formula is C11H17N3O3S. The molecule has 0 unspecified atom stereocenters. The summed E-state index contributed by atoms with van der Waals surface area (Å²) in [5.41, 5.74) is 0. The van der Waals surface area contributed by atoms with Crippen molar-refractivity contribution in [2.75, 3.05) is 19.6 Å². The van der Waals surface area contributed by atoms with E-state index in [-0.39, 0.29) is 19.0 Å². The quantitative estimate of drug-likeness (QED) is 0.780. The molecule has 1 aromatic rings. The van der Waals surface area contributed by atoms with E-state index in [2.05, 4.69) is 10.3 Å². The number of carbonyl (C=O) groups is 2. The molecule has 2 amide bonds. The molecule has 100 valence electrons. The second-order valence-electron chi connectivity index (χ2n) is 3.63. The van der Waals surface area contributed by atoms with Crippen molar-refractivity contribution in [2.24, 2.45) is 0 Å². The number of rotatable bonds is 7. The zero-order valence-electron chi connectivity index (χ0n) is 10.3. The number of carbonyl (C=O) groups excluding carboxylic acids is 1. The van der Waals surface area contributed by atoms with Crippen LogP contribution in [0.25, 0.3) is 0 Å². The van der Waals surface area contributed by atoms with Crippen LogP contribution in [-0.4, -0.2) is 46.6 Å². The third-order valence-electron chi connectivity index (χ3n) is 2.36. The number of urea groups is 1. The van der Waals surface area contributed by atoms with Gasteiger partial charge < -0.3 is 15.3 Å². The molecule has 0 spiro atoms. The average molecular weight is 271 g/mol. The molecule has 2 N–H and O–H groups in total. The van der Waals surface area contributed by atoms with Gasteiger partial charge in [-0.25, -0.2) is 9.78 Å². The van der Waals surface area contributed by atoms with Crippen molar-refractivity contribution in [3.63, 3.8) is 0 Å². The predicted octanol–water partition coefficient (Wildman–Crippen LogP) is 1.19. The number of aromatic nitrogens is 1. The number of nitrogens with zero attached hydrogens (tertiary/aromatic N) is 2. The van der Waals surface area contributed by atoms with Gasteiger partial charge in [-0.15, -0.1) is 11.3 Å². The Labute approximate surface area is 110 Å². The summed E-state index contributed by atoms with van der Waals surface area (Å²) in [4.78, 5) is 27.8. The minimum Gasteiger partial charge on any atom is -0.481 e. The third-order valence-corrected chi connectivity index (χ3v) is 3.20. The van der Waals surface area contributed by atoms with Gasteiger partial charge in [0.25, 0.3) is 0 Å². The lowest BCUT2D eigenvalue weighted by atomic mass is 10.4. The Morgan fingerprint density at radius 1 is 1.56 bits per heavy atom. The van der Waals surface area contributed by atoms with Crippen molar-refractivity contribution >= 4 is 23.3 Å². The van der Waals surface area contributed by atoms with Crippen LogP contribution in [0.5, 0.6) is 0 Å². The van der Waals surface area contributed by atoms with E-state index in [1.807, 2.05) is 12.3 Å². The molecule has 1 heterocycles. The normalized spacial score (nSPS) is 10.1. The van der Waals surface area contributed by atoms with Gasteiger partial charge in [0.05, 0.1) is 11.4 Å². The van der Waals surface area contributed by atoms with Gasteiger partial charge in [0.15, 0.2) is 0 Å². The highest BCUT2D eigenvalue weighted by molar-refractivity contribution is 7.09. The zero-order valence-corrected chi connectivity index (χ0v) is 11.1. The van der Waals surface area contributed by atoms with Gasteiger partial charge in [-0.05, 0) is 6.92 Å². The van der Waals surface area contributed by atoms with Crippen LogP contribution in [0.4, 0.5) is 4.79 Å². The number of hydrogen-bond acceptors (Lipinski definition) is 4. The summed E-state index contributed by atoms with van der Waals surface area (Å²) in [7, 11) is 0. The topological polar surface area (TPSA) is 82.5 Å². The maximum Gasteiger partial charge on any atom is 0.317 e. The summed E-state index contributed by atoms with van der Waals surface area (Å²) < 4.78 is 0. The Morgan fingerprint density at radius 2 is 2.33 bits per heavy atom. The van der Waals surface area contributed by atoms with Gasteiger partial charge in [-0.1, -0.05) is 0 Å². The van der Waals surface area contributed by atoms with Gasteiger partial charge >= 0.3 is 12.0 Å². The van der Waals surface area contributed by atoms with E-state index in [9.17, 15) is 9.59 Å². The van der Waals surface area contributed by atoms with Crippen LogP contribution in [0.1, 0.15) is 18.4 Å². The van der Waals surface area contributed by atoms with Gasteiger partial charge in [0.2, 0.25) is 0 Å². The molecular weight excluding hydrogens is 254 g/mol. The van der Waals surface area contributed by atoms with E-state index in [1.54, 1.807) is 17.5 Å². The Morgan fingerprint density at radius 3 is 2.89 bits per heavy atom. The molecule has 18 heavy (non-hydrogen) atoms. The monoisotopic (exact) mass is 271 g/mol. The van der Waals surface area contributed by atoms with Gasteiger partial charge in [-0.3, -0.25) is 4.79 Å². The fourth-order valence-corrected chi connectivity index (χ4v) is 2.02. The molecule has 0 fully saturated rings. The van der Waals surface area contributed by atoms with Crippen LogP contribution in [-0.2, 0) is 11.2 Å². The lowest BCUT2D eigenvalue weighted by Crippen LogP contribution is -2.41. The first kappa shape index (κ1) is 14.4. The second kappa shape index (κ2) is 7.65. The predicted molar refractivity (Wildman–Crippen MR) is 68.7 cm³/mol. The number of aliphatic carboxylic acids is 1. The van der Waals surface area contributed by atoms with Gasteiger partial charge in [-0.2, -0.15) is 0 Å². The van der Waals surface area contributed by atoms with E-state index in [0.29, 0.717) is 19.5 Å². The molecule has 0 aliphatic rings. The van der Waals surface area contributed by atoms with Gasteiger partial charge in [0, 0.05) is 37.6 Å². The highest BCUT2D eigenvalue weighted by Gasteiger charge is 2.12. The number of hydrogen-bond donors (Lipinski definition) is 2. The smallest absolute Gasteiger partial charge is 0.317 e. The third kappa shape index (κ3) is 5.13. The lowest BCUT2D eigenvalue weighted by Gasteiger charge is -2.20. The summed E-state index contributed by atoms with van der Waals surface area (Å²) in [6.07, 6.45) is 2.39. The molecule has 1 aromatic heterocycles. The number of thiazole rings is 1. The van der Waals surface area contributed by atoms with Crippen LogP contribution in [0.2, 0.25) is 0 Å². The molecule has 0 saturated carbocycles. The van der Waals surface area contributed by atoms with Crippen molar-refractivity contribution in [2.45, 2.75) is 19.8 Å². The largest absolute Gasteiger partial charge is 0.481 e. The minimum absolute atomic E-state index is 0.0340. The Hall–Kier alpha value is -1.63. The van der Waals surface area contributed by atoms with Crippen molar-refractivity contribution in [1.82, 2.24) is 15.2 Å². The molecule has 0 atom stereocenters. The molecule has 0 aliphatic carbocycles. The zero-order chi connectivity index (χ0) is 13.4. The highest BCUT2D eigenvalue weighted by Crippen LogP contribution is 2.03. The SMILES string of the molecule is CCN(CCC(=O)O)C(=O)NCCc1nccs1. The molecule has 7 heteroatoms. The summed E-state index contributed by atoms with van der Waals surface area (Å²) in [6, 6.07) is -0.227. The van der Waals surface area contributed by atoms with Crippen molar-refractivity contribution < 1.29 is 14.7 Å². The van der Waals surface area contributed by atoms with E-state index in [0.717, 1.165) is 5.01 Å². The summed E-state index contributed by atoms with van der Waals surface area (Å²) in [5, 5.41) is 14.2. The first-order chi connectivity index (χ1) is 8.63. The van der Waals surface area contributed by atoms with E-state index in [4.69, 9.17) is 5.11 Å². The lowest BCUT2D eigenvalue weighted by molar-refractivity contribution is -0.137. The number of carboxylic acids is 1. The first-order valence-electron chi connectivity index (χ1n) is 5.76. The Bertz CT molecular complexity index is 381. The molecule has 6 nitrogen and oxygen atoms in total. The maximum atomic E-state index is 11.7. The van der Waals surface area contributed by atoms with Crippen molar-refractivity contribution in [3.05, 3.63) is 16.6 Å². The fraction of sp³-hybridized carbons (Fsp3) is 0.545. The first-order valence-corrected chi connectivity index (χ1v) is 6.64. The van der Waals surface area contributed by atoms with Crippen molar-refractivity contribution in [3.8, 4) is 0 Å². The highest BCUT2D eigenvalue weighted by atomic mass is 32.1. The number of nitrogens with one attached hydrogen (secondary N) is 1. The fourth-order valence-electron chi connectivity index (χ4n) is 1.40. The molecule has 0 radical (unpaired) electrons. The summed E-state index contributed by atoms with van der Waals surface area (Å²) in [6.45, 7) is 3.06. The minimum atomic E-state index is -0.899. The number of carboxylic acid groups (broad SMARTS) is 1. The molecule has 0 saturated heterocycles. The summed E-state index contributed by atoms with van der Waals surface area (Å²) >= 11 is 1.55. The van der Waals surface area contributed by atoms with E-state index < -0.39 is 5.97 Å². The average Bonchev–Trinajstić information content (AvgIpc) is 2.82. The molecule has 1 rings (SSSR count). The van der Waals surface area contributed by atoms with Crippen LogP contribution >= 0.6 is 11.3 Å².